The summed E-state index contributed by atoms with van der Waals surface area (Å²) in [6.45, 7) is 0.0544. The van der Waals surface area contributed by atoms with E-state index in [-0.39, 0.29) is 16.9 Å². The molecule has 7 heteroatoms. The molecule has 4 nitrogen and oxygen atoms in total. The zero-order valence-corrected chi connectivity index (χ0v) is 14.9. The number of fused-ring (bicyclic) bond motifs is 1. The number of nitrogens with two attached hydrogens (primary N) is 1. The minimum absolute atomic E-state index is 0.0544. The van der Waals surface area contributed by atoms with E-state index in [1.54, 1.807) is 23.5 Å². The molecule has 124 valence electrons. The minimum Gasteiger partial charge on any atom is -0.460 e. The second-order valence-electron chi connectivity index (χ2n) is 5.30. The summed E-state index contributed by atoms with van der Waals surface area (Å²) in [5.74, 6) is -0.464. The fourth-order valence-corrected chi connectivity index (χ4v) is 3.85. The third-order valence-electron chi connectivity index (χ3n) is 3.51. The lowest BCUT2D eigenvalue weighted by Gasteiger charge is -2.11. The summed E-state index contributed by atoms with van der Waals surface area (Å²) in [7, 11) is 0. The SMILES string of the molecule is N[C@@H](Cc1csc2ccccc12)C(=O)OCc1cc(Cl)nc(Cl)c1. The second kappa shape index (κ2) is 7.49. The van der Waals surface area contributed by atoms with E-state index in [1.165, 1.54) is 4.70 Å². The summed E-state index contributed by atoms with van der Waals surface area (Å²) >= 11 is 13.3. The standard InChI is InChI=1S/C17H14Cl2N2O2S/c18-15-5-10(6-16(19)21-15)8-23-17(22)13(20)7-11-9-24-14-4-2-1-3-12(11)14/h1-6,9,13H,7-8,20H2/t13-/m0/s1. The Morgan fingerprint density at radius 2 is 1.96 bits per heavy atom. The molecule has 0 fully saturated rings. The van der Waals surface area contributed by atoms with Gasteiger partial charge >= 0.3 is 5.97 Å². The first-order chi connectivity index (χ1) is 11.5. The van der Waals surface area contributed by atoms with Crippen LogP contribution in [0.25, 0.3) is 10.1 Å². The van der Waals surface area contributed by atoms with Crippen molar-refractivity contribution < 1.29 is 9.53 Å². The Labute approximate surface area is 153 Å². The molecule has 0 bridgehead atoms. The molecular weight excluding hydrogens is 367 g/mol. The lowest BCUT2D eigenvalue weighted by molar-refractivity contribution is -0.146. The number of halogens is 2. The maximum absolute atomic E-state index is 12.1. The van der Waals surface area contributed by atoms with Crippen LogP contribution in [-0.2, 0) is 22.6 Å². The highest BCUT2D eigenvalue weighted by Gasteiger charge is 2.18. The van der Waals surface area contributed by atoms with E-state index in [9.17, 15) is 4.79 Å². The molecular formula is C17H14Cl2N2O2S. The van der Waals surface area contributed by atoms with Crippen LogP contribution in [0.2, 0.25) is 10.3 Å². The number of hydrogen-bond donors (Lipinski definition) is 1. The monoisotopic (exact) mass is 380 g/mol. The average Bonchev–Trinajstić information content (AvgIpc) is 2.95. The van der Waals surface area contributed by atoms with Crippen LogP contribution in [0.3, 0.4) is 0 Å². The molecule has 2 N–H and O–H groups in total. The smallest absolute Gasteiger partial charge is 0.323 e. The normalized spacial score (nSPS) is 12.3. The van der Waals surface area contributed by atoms with Gasteiger partial charge in [-0.2, -0.15) is 0 Å². The number of ether oxygens (including phenoxy) is 1. The number of hydrogen-bond acceptors (Lipinski definition) is 5. The van der Waals surface area contributed by atoms with Crippen molar-refractivity contribution in [2.75, 3.05) is 0 Å². The lowest BCUT2D eigenvalue weighted by atomic mass is 10.1. The molecule has 0 aliphatic rings. The molecule has 3 rings (SSSR count). The zero-order valence-electron chi connectivity index (χ0n) is 12.5. The highest BCUT2D eigenvalue weighted by molar-refractivity contribution is 7.17. The summed E-state index contributed by atoms with van der Waals surface area (Å²) < 4.78 is 6.43. The van der Waals surface area contributed by atoms with Gasteiger partial charge in [-0.3, -0.25) is 4.79 Å². The van der Waals surface area contributed by atoms with Crippen molar-refractivity contribution in [3.63, 3.8) is 0 Å². The summed E-state index contributed by atoms with van der Waals surface area (Å²) in [5.41, 5.74) is 7.71. The molecule has 24 heavy (non-hydrogen) atoms. The molecule has 1 aromatic carbocycles. The lowest BCUT2D eigenvalue weighted by Crippen LogP contribution is -2.34. The van der Waals surface area contributed by atoms with Gasteiger partial charge in [0.2, 0.25) is 0 Å². The Balaban J connectivity index is 1.62. The molecule has 0 saturated heterocycles. The Bertz CT molecular complexity index is 862. The number of aromatic nitrogens is 1. The van der Waals surface area contributed by atoms with Crippen LogP contribution >= 0.6 is 34.5 Å². The maximum Gasteiger partial charge on any atom is 0.323 e. The van der Waals surface area contributed by atoms with E-state index < -0.39 is 12.0 Å². The second-order valence-corrected chi connectivity index (χ2v) is 6.98. The molecule has 0 amide bonds. The highest BCUT2D eigenvalue weighted by Crippen LogP contribution is 2.26. The van der Waals surface area contributed by atoms with E-state index in [2.05, 4.69) is 4.98 Å². The maximum atomic E-state index is 12.1. The minimum atomic E-state index is -0.726. The highest BCUT2D eigenvalue weighted by atomic mass is 35.5. The number of thiophene rings is 1. The number of carbonyl (C=O) groups is 1. The van der Waals surface area contributed by atoms with Crippen molar-refractivity contribution in [3.8, 4) is 0 Å². The first-order valence-electron chi connectivity index (χ1n) is 7.22. The Kier molecular flexibility index (Phi) is 5.36. The van der Waals surface area contributed by atoms with Crippen LogP contribution < -0.4 is 5.73 Å². The van der Waals surface area contributed by atoms with Gasteiger partial charge in [0.1, 0.15) is 23.0 Å². The number of benzene rings is 1. The third kappa shape index (κ3) is 4.05. The first kappa shape index (κ1) is 17.2. The Morgan fingerprint density at radius 1 is 1.25 bits per heavy atom. The van der Waals surface area contributed by atoms with Gasteiger partial charge in [0.15, 0.2) is 0 Å². The molecule has 0 aliphatic carbocycles. The van der Waals surface area contributed by atoms with Crippen molar-refractivity contribution in [2.45, 2.75) is 19.1 Å². The van der Waals surface area contributed by atoms with Gasteiger partial charge < -0.3 is 10.5 Å². The Hall–Kier alpha value is -1.66. The third-order valence-corrected chi connectivity index (χ3v) is 4.91. The summed E-state index contributed by atoms with van der Waals surface area (Å²) in [6.07, 6.45) is 0.431. The number of esters is 1. The predicted octanol–water partition coefficient (Wildman–Crippen LogP) is 4.22. The Morgan fingerprint density at radius 3 is 2.71 bits per heavy atom. The molecule has 0 saturated carbocycles. The van der Waals surface area contributed by atoms with Gasteiger partial charge in [0.05, 0.1) is 0 Å². The van der Waals surface area contributed by atoms with Crippen molar-refractivity contribution in [3.05, 3.63) is 63.2 Å². The van der Waals surface area contributed by atoms with Crippen LogP contribution in [0.1, 0.15) is 11.1 Å². The van der Waals surface area contributed by atoms with Crippen LogP contribution in [0.4, 0.5) is 0 Å². The summed E-state index contributed by atoms with van der Waals surface area (Å²) in [5, 5.41) is 3.66. The van der Waals surface area contributed by atoms with E-state index in [0.717, 1.165) is 10.9 Å². The van der Waals surface area contributed by atoms with Crippen molar-refractivity contribution >= 4 is 50.6 Å². The van der Waals surface area contributed by atoms with Crippen LogP contribution in [0, 0.1) is 0 Å². The molecule has 1 atom stereocenters. The van der Waals surface area contributed by atoms with E-state index in [1.807, 2.05) is 29.6 Å². The first-order valence-corrected chi connectivity index (χ1v) is 8.86. The van der Waals surface area contributed by atoms with Crippen molar-refractivity contribution in [2.24, 2.45) is 5.73 Å². The van der Waals surface area contributed by atoms with Crippen molar-refractivity contribution in [1.82, 2.24) is 4.98 Å². The van der Waals surface area contributed by atoms with Gasteiger partial charge in [0, 0.05) is 4.70 Å². The number of carbonyl (C=O) groups excluding carboxylic acids is 1. The largest absolute Gasteiger partial charge is 0.460 e. The topological polar surface area (TPSA) is 65.2 Å². The number of pyridine rings is 1. The quantitative estimate of drug-likeness (QED) is 0.531. The van der Waals surface area contributed by atoms with Gasteiger partial charge in [-0.1, -0.05) is 41.4 Å². The van der Waals surface area contributed by atoms with Crippen LogP contribution in [-0.4, -0.2) is 17.0 Å². The average molecular weight is 381 g/mol. The van der Waals surface area contributed by atoms with Gasteiger partial charge in [-0.25, -0.2) is 4.98 Å². The molecule has 0 aliphatic heterocycles. The van der Waals surface area contributed by atoms with E-state index in [4.69, 9.17) is 33.7 Å². The van der Waals surface area contributed by atoms with E-state index >= 15 is 0 Å². The molecule has 0 unspecified atom stereocenters. The van der Waals surface area contributed by atoms with Crippen LogP contribution in [0.15, 0.2) is 41.8 Å². The fraction of sp³-hybridized carbons (Fsp3) is 0.176. The zero-order chi connectivity index (χ0) is 17.1. The van der Waals surface area contributed by atoms with Crippen molar-refractivity contribution in [1.29, 1.82) is 0 Å². The number of nitrogens with zero attached hydrogens (tertiary/aromatic N) is 1. The van der Waals surface area contributed by atoms with Gasteiger partial charge in [-0.05, 0) is 46.5 Å². The van der Waals surface area contributed by atoms with Gasteiger partial charge in [-0.15, -0.1) is 11.3 Å². The van der Waals surface area contributed by atoms with E-state index in [0.29, 0.717) is 12.0 Å². The van der Waals surface area contributed by atoms with Gasteiger partial charge in [0.25, 0.3) is 0 Å². The molecule has 3 aromatic rings. The fourth-order valence-electron chi connectivity index (χ4n) is 2.37. The predicted molar refractivity (Wildman–Crippen MR) is 97.6 cm³/mol. The molecule has 0 spiro atoms. The summed E-state index contributed by atoms with van der Waals surface area (Å²) in [4.78, 5) is 16.0. The van der Waals surface area contributed by atoms with Crippen LogP contribution in [0.5, 0.6) is 0 Å². The summed E-state index contributed by atoms with van der Waals surface area (Å²) in [6, 6.07) is 10.5. The molecule has 2 aromatic heterocycles. The number of rotatable bonds is 5. The molecule has 2 heterocycles. The molecule has 0 radical (unpaired) electrons.